The third-order valence-electron chi connectivity index (χ3n) is 3.85. The summed E-state index contributed by atoms with van der Waals surface area (Å²) in [6, 6.07) is 12.9. The second kappa shape index (κ2) is 8.99. The number of amides is 1. The molecule has 0 atom stereocenters. The zero-order valence-corrected chi connectivity index (χ0v) is 17.3. The summed E-state index contributed by atoms with van der Waals surface area (Å²) in [6.45, 7) is 3.92. The molecule has 28 heavy (non-hydrogen) atoms. The van der Waals surface area contributed by atoms with Crippen LogP contribution in [-0.2, 0) is 10.5 Å². The molecule has 0 bridgehead atoms. The predicted octanol–water partition coefficient (Wildman–Crippen LogP) is 4.49. The van der Waals surface area contributed by atoms with Crippen LogP contribution >= 0.6 is 23.1 Å². The fraction of sp³-hybridized carbons (Fsp3) is 0.200. The lowest BCUT2D eigenvalue weighted by molar-refractivity contribution is 0.0600. The fourth-order valence-electron chi connectivity index (χ4n) is 2.59. The van der Waals surface area contributed by atoms with Gasteiger partial charge in [0, 0.05) is 11.3 Å². The van der Waals surface area contributed by atoms with Crippen molar-refractivity contribution in [2.75, 3.05) is 12.4 Å². The van der Waals surface area contributed by atoms with Crippen LogP contribution < -0.4 is 5.32 Å². The zero-order chi connectivity index (χ0) is 20.1. The lowest BCUT2D eigenvalue weighted by Crippen LogP contribution is -2.12. The molecule has 0 spiro atoms. The van der Waals surface area contributed by atoms with Gasteiger partial charge in [-0.05, 0) is 43.7 Å². The number of aryl methyl sites for hydroxylation is 2. The number of anilines is 1. The lowest BCUT2D eigenvalue weighted by Gasteiger charge is -2.04. The maximum Gasteiger partial charge on any atom is 0.337 e. The largest absolute Gasteiger partial charge is 0.465 e. The van der Waals surface area contributed by atoms with Crippen LogP contribution in [0.3, 0.4) is 0 Å². The van der Waals surface area contributed by atoms with Crippen LogP contribution in [0.1, 0.15) is 37.4 Å². The van der Waals surface area contributed by atoms with Crippen LogP contribution in [0.2, 0.25) is 0 Å². The molecule has 2 aromatic carbocycles. The number of thioether (sulfide) groups is 1. The van der Waals surface area contributed by atoms with E-state index in [9.17, 15) is 9.59 Å². The minimum atomic E-state index is -0.354. The standard InChI is InChI=1S/C20H19N3O3S2/c1-12-8-13(2)10-16(9-12)17(24)21-19-22-23-20(28-19)27-11-14-4-6-15(7-5-14)18(25)26-3/h4-10H,11H2,1-3H3,(H,21,22,24). The molecular weight excluding hydrogens is 394 g/mol. The second-order valence-corrected chi connectivity index (χ2v) is 8.38. The number of ether oxygens (including phenoxy) is 1. The SMILES string of the molecule is COC(=O)c1ccc(CSc2nnc(NC(=O)c3cc(C)cc(C)c3)s2)cc1. The predicted molar refractivity (Wildman–Crippen MR) is 111 cm³/mol. The first-order chi connectivity index (χ1) is 13.4. The molecule has 0 unspecified atom stereocenters. The molecule has 0 aliphatic heterocycles. The number of esters is 1. The molecule has 0 aliphatic rings. The molecule has 3 aromatic rings. The highest BCUT2D eigenvalue weighted by molar-refractivity contribution is 8.00. The van der Waals surface area contributed by atoms with Gasteiger partial charge < -0.3 is 4.74 Å². The molecule has 3 rings (SSSR count). The van der Waals surface area contributed by atoms with Crippen LogP contribution in [0.4, 0.5) is 5.13 Å². The Hall–Kier alpha value is -2.71. The maximum atomic E-state index is 12.4. The van der Waals surface area contributed by atoms with Gasteiger partial charge in [0.05, 0.1) is 12.7 Å². The average Bonchev–Trinajstić information content (AvgIpc) is 3.12. The van der Waals surface area contributed by atoms with Gasteiger partial charge >= 0.3 is 5.97 Å². The van der Waals surface area contributed by atoms with Crippen molar-refractivity contribution in [1.82, 2.24) is 10.2 Å². The number of benzene rings is 2. The van der Waals surface area contributed by atoms with E-state index in [1.165, 1.54) is 30.2 Å². The summed E-state index contributed by atoms with van der Waals surface area (Å²) >= 11 is 2.85. The second-order valence-electron chi connectivity index (χ2n) is 6.18. The molecule has 8 heteroatoms. The van der Waals surface area contributed by atoms with Gasteiger partial charge in [-0.3, -0.25) is 10.1 Å². The molecule has 1 N–H and O–H groups in total. The molecule has 144 valence electrons. The highest BCUT2D eigenvalue weighted by Crippen LogP contribution is 2.28. The summed E-state index contributed by atoms with van der Waals surface area (Å²) < 4.78 is 5.45. The quantitative estimate of drug-likeness (QED) is 0.364. The number of hydrogen-bond donors (Lipinski definition) is 1. The molecule has 0 saturated heterocycles. The van der Waals surface area contributed by atoms with E-state index < -0.39 is 0 Å². The van der Waals surface area contributed by atoms with Crippen LogP contribution in [-0.4, -0.2) is 29.2 Å². The number of hydrogen-bond acceptors (Lipinski definition) is 7. The Balaban J connectivity index is 1.58. The van der Waals surface area contributed by atoms with Crippen molar-refractivity contribution in [3.8, 4) is 0 Å². The van der Waals surface area contributed by atoms with Crippen molar-refractivity contribution < 1.29 is 14.3 Å². The molecular formula is C20H19N3O3S2. The summed E-state index contributed by atoms with van der Waals surface area (Å²) in [6.07, 6.45) is 0. The number of nitrogens with one attached hydrogen (secondary N) is 1. The number of carbonyl (C=O) groups excluding carboxylic acids is 2. The Morgan fingerprint density at radius 3 is 2.36 bits per heavy atom. The smallest absolute Gasteiger partial charge is 0.337 e. The van der Waals surface area contributed by atoms with Crippen molar-refractivity contribution in [2.45, 2.75) is 23.9 Å². The lowest BCUT2D eigenvalue weighted by atomic mass is 10.1. The normalized spacial score (nSPS) is 10.5. The first-order valence-corrected chi connectivity index (χ1v) is 10.3. The average molecular weight is 414 g/mol. The molecule has 1 amide bonds. The van der Waals surface area contributed by atoms with Gasteiger partial charge in [0.15, 0.2) is 4.34 Å². The molecule has 6 nitrogen and oxygen atoms in total. The van der Waals surface area contributed by atoms with Gasteiger partial charge in [-0.15, -0.1) is 10.2 Å². The van der Waals surface area contributed by atoms with Gasteiger partial charge in [-0.1, -0.05) is 52.4 Å². The molecule has 1 heterocycles. The highest BCUT2D eigenvalue weighted by atomic mass is 32.2. The van der Waals surface area contributed by atoms with E-state index in [4.69, 9.17) is 0 Å². The third-order valence-corrected chi connectivity index (χ3v) is 5.89. The van der Waals surface area contributed by atoms with Crippen molar-refractivity contribution in [3.63, 3.8) is 0 Å². The van der Waals surface area contributed by atoms with Crippen molar-refractivity contribution in [2.24, 2.45) is 0 Å². The first-order valence-electron chi connectivity index (χ1n) is 8.48. The Morgan fingerprint density at radius 2 is 1.71 bits per heavy atom. The first kappa shape index (κ1) is 20.0. The van der Waals surface area contributed by atoms with Gasteiger partial charge in [0.2, 0.25) is 5.13 Å². The van der Waals surface area contributed by atoms with Crippen molar-refractivity contribution in [3.05, 3.63) is 70.3 Å². The molecule has 1 aromatic heterocycles. The van der Waals surface area contributed by atoms with Crippen molar-refractivity contribution in [1.29, 1.82) is 0 Å². The van der Waals surface area contributed by atoms with Crippen LogP contribution in [0.5, 0.6) is 0 Å². The van der Waals surface area contributed by atoms with E-state index in [-0.39, 0.29) is 11.9 Å². The van der Waals surface area contributed by atoms with Crippen molar-refractivity contribution >= 4 is 40.1 Å². The molecule has 0 saturated carbocycles. The summed E-state index contributed by atoms with van der Waals surface area (Å²) in [5.41, 5.74) is 4.25. The minimum Gasteiger partial charge on any atom is -0.465 e. The Labute approximate surface area is 171 Å². The van der Waals surface area contributed by atoms with E-state index >= 15 is 0 Å². The zero-order valence-electron chi connectivity index (χ0n) is 15.7. The minimum absolute atomic E-state index is 0.196. The van der Waals surface area contributed by atoms with E-state index in [2.05, 4.69) is 20.3 Å². The number of methoxy groups -OCH3 is 1. The van der Waals surface area contributed by atoms with Crippen LogP contribution in [0.15, 0.2) is 46.8 Å². The maximum absolute atomic E-state index is 12.4. The van der Waals surface area contributed by atoms with Crippen LogP contribution in [0.25, 0.3) is 0 Å². The van der Waals surface area contributed by atoms with E-state index in [1.807, 2.05) is 44.2 Å². The molecule has 0 radical (unpaired) electrons. The molecule has 0 fully saturated rings. The number of carbonyl (C=O) groups is 2. The summed E-state index contributed by atoms with van der Waals surface area (Å²) in [5, 5.41) is 11.4. The number of rotatable bonds is 6. The Kier molecular flexibility index (Phi) is 6.43. The number of aromatic nitrogens is 2. The third kappa shape index (κ3) is 5.17. The van der Waals surface area contributed by atoms with Crippen LogP contribution in [0, 0.1) is 13.8 Å². The topological polar surface area (TPSA) is 81.2 Å². The number of nitrogens with zero attached hydrogens (tertiary/aromatic N) is 2. The van der Waals surface area contributed by atoms with Gasteiger partial charge in [0.1, 0.15) is 0 Å². The fourth-order valence-corrected chi connectivity index (χ4v) is 4.30. The Bertz CT molecular complexity index is 980. The molecule has 0 aliphatic carbocycles. The van der Waals surface area contributed by atoms with Gasteiger partial charge in [-0.25, -0.2) is 4.79 Å². The van der Waals surface area contributed by atoms with E-state index in [0.717, 1.165) is 21.0 Å². The van der Waals surface area contributed by atoms with Gasteiger partial charge in [0.25, 0.3) is 5.91 Å². The highest BCUT2D eigenvalue weighted by Gasteiger charge is 2.12. The van der Waals surface area contributed by atoms with E-state index in [1.54, 1.807) is 12.1 Å². The summed E-state index contributed by atoms with van der Waals surface area (Å²) in [5.74, 6) is 0.131. The monoisotopic (exact) mass is 413 g/mol. The summed E-state index contributed by atoms with van der Waals surface area (Å²) in [4.78, 5) is 23.9. The summed E-state index contributed by atoms with van der Waals surface area (Å²) in [7, 11) is 1.36. The Morgan fingerprint density at radius 1 is 1.04 bits per heavy atom. The van der Waals surface area contributed by atoms with Gasteiger partial charge in [-0.2, -0.15) is 0 Å². The van der Waals surface area contributed by atoms with E-state index in [0.29, 0.717) is 22.0 Å².